The molecule has 14 nitrogen and oxygen atoms in total. The lowest BCUT2D eigenvalue weighted by molar-refractivity contribution is -0.0435. The Morgan fingerprint density at radius 1 is 1.00 bits per heavy atom. The van der Waals surface area contributed by atoms with Gasteiger partial charge >= 0.3 is 11.6 Å². The van der Waals surface area contributed by atoms with E-state index >= 15 is 0 Å². The van der Waals surface area contributed by atoms with Crippen molar-refractivity contribution in [1.29, 1.82) is 0 Å². The van der Waals surface area contributed by atoms with E-state index in [2.05, 4.69) is 25.1 Å². The van der Waals surface area contributed by atoms with Crippen molar-refractivity contribution in [2.45, 2.75) is 45.6 Å². The lowest BCUT2D eigenvalue weighted by atomic mass is 10.2. The molecule has 20 heteroatoms. The summed E-state index contributed by atoms with van der Waals surface area (Å²) in [5.74, 6) is 0.382. The maximum absolute atomic E-state index is 14.0. The minimum absolute atomic E-state index is 0.00980. The quantitative estimate of drug-likeness (QED) is 0.232. The molecule has 1 amide bonds. The Kier molecular flexibility index (Phi) is 11.1. The van der Waals surface area contributed by atoms with E-state index in [1.54, 1.807) is 0 Å². The summed E-state index contributed by atoms with van der Waals surface area (Å²) in [5.41, 5.74) is -6.11. The van der Waals surface area contributed by atoms with Gasteiger partial charge in [-0.05, 0) is 36.8 Å². The van der Waals surface area contributed by atoms with E-state index < -0.39 is 53.0 Å². The average Bonchev–Trinajstić information content (AvgIpc) is 3.28. The second kappa shape index (κ2) is 14.9. The van der Waals surface area contributed by atoms with E-state index in [1.807, 2.05) is 30.3 Å². The van der Waals surface area contributed by atoms with E-state index in [9.17, 15) is 39.9 Å². The zero-order valence-corrected chi connectivity index (χ0v) is 27.9. The van der Waals surface area contributed by atoms with Gasteiger partial charge in [-0.25, -0.2) is 26.4 Å². The Morgan fingerprint density at radius 3 is 2.42 bits per heavy atom. The van der Waals surface area contributed by atoms with E-state index in [4.69, 9.17) is 4.74 Å². The third-order valence-corrected chi connectivity index (χ3v) is 11.9. The Morgan fingerprint density at radius 2 is 1.73 bits per heavy atom. The van der Waals surface area contributed by atoms with Gasteiger partial charge in [-0.15, -0.1) is 22.0 Å². The van der Waals surface area contributed by atoms with Crippen LogP contribution in [0.1, 0.15) is 12.2 Å². The van der Waals surface area contributed by atoms with E-state index in [0.717, 1.165) is 21.9 Å². The van der Waals surface area contributed by atoms with Gasteiger partial charge in [-0.1, -0.05) is 18.2 Å². The zero-order chi connectivity index (χ0) is 34.5. The van der Waals surface area contributed by atoms with Crippen LogP contribution in [0.3, 0.4) is 0 Å². The number of halogens is 3. The van der Waals surface area contributed by atoms with Crippen LogP contribution in [-0.2, 0) is 37.6 Å². The van der Waals surface area contributed by atoms with Crippen molar-refractivity contribution >= 4 is 49.4 Å². The first-order valence-corrected chi connectivity index (χ1v) is 18.8. The largest absolute Gasteiger partial charge is 0.501 e. The van der Waals surface area contributed by atoms with Gasteiger partial charge in [0.15, 0.2) is 0 Å². The molecule has 3 aromatic rings. The fraction of sp³-hybridized carbons (Fsp3) is 0.464. The third-order valence-electron chi connectivity index (χ3n) is 7.83. The minimum atomic E-state index is -6.02. The number of benzene rings is 2. The number of anilines is 2. The number of aromatic nitrogens is 3. The molecule has 5 rings (SSSR count). The molecular formula is C28H34F3N7O7S3. The van der Waals surface area contributed by atoms with Gasteiger partial charge in [0.05, 0.1) is 23.8 Å². The molecule has 3 N–H and O–H groups in total. The minimum Gasteiger partial charge on any atom is -0.465 e. The maximum atomic E-state index is 14.0. The first kappa shape index (κ1) is 35.7. The normalized spacial score (nSPS) is 16.9. The number of nitrogens with one attached hydrogen (secondary N) is 2. The zero-order valence-electron chi connectivity index (χ0n) is 25.5. The lowest BCUT2D eigenvalue weighted by Crippen LogP contribution is -2.39. The van der Waals surface area contributed by atoms with Crippen LogP contribution in [0.4, 0.5) is 29.6 Å². The number of ether oxygens (including phenoxy) is 1. The Hall–Kier alpha value is -3.59. The monoisotopic (exact) mass is 733 g/mol. The van der Waals surface area contributed by atoms with Gasteiger partial charge < -0.3 is 20.1 Å². The van der Waals surface area contributed by atoms with Crippen LogP contribution in [0.5, 0.6) is 0 Å². The van der Waals surface area contributed by atoms with Crippen molar-refractivity contribution in [3.05, 3.63) is 54.4 Å². The topological polar surface area (TPSA) is 176 Å². The van der Waals surface area contributed by atoms with E-state index in [1.165, 1.54) is 16.3 Å². The number of nitrogens with zero attached hydrogens (tertiary/aromatic N) is 5. The van der Waals surface area contributed by atoms with Crippen LogP contribution in [0, 0.1) is 0 Å². The number of hydrogen-bond acceptors (Lipinski definition) is 11. The van der Waals surface area contributed by atoms with Crippen molar-refractivity contribution in [2.75, 3.05) is 61.7 Å². The molecule has 0 saturated carbocycles. The van der Waals surface area contributed by atoms with Crippen LogP contribution in [0.2, 0.25) is 0 Å². The summed E-state index contributed by atoms with van der Waals surface area (Å²) in [7, 11) is -10.7. The number of morpholine rings is 1. The van der Waals surface area contributed by atoms with Gasteiger partial charge in [0.1, 0.15) is 10.7 Å². The van der Waals surface area contributed by atoms with Crippen molar-refractivity contribution in [2.24, 2.45) is 0 Å². The number of sulfone groups is 1. The molecule has 1 atom stereocenters. The van der Waals surface area contributed by atoms with Crippen LogP contribution >= 0.6 is 11.8 Å². The number of rotatable bonds is 12. The Balaban J connectivity index is 1.43. The molecular weight excluding hydrogens is 700 g/mol. The molecule has 0 radical (unpaired) electrons. The lowest BCUT2D eigenvalue weighted by Gasteiger charge is -2.29. The van der Waals surface area contributed by atoms with Crippen molar-refractivity contribution in [1.82, 2.24) is 24.6 Å². The molecule has 0 bridgehead atoms. The summed E-state index contributed by atoms with van der Waals surface area (Å²) in [4.78, 5) is 13.6. The second-order valence-corrected chi connectivity index (χ2v) is 15.7. The smallest absolute Gasteiger partial charge is 0.465 e. The Labute approximate surface area is 279 Å². The SMILES string of the molecule is O=C(O)N1CCc2nnc(NS(=O)(=O)c3ccc(N[C@H](CCN4CCOCC4)CSc4ccccc4)c(S(=O)(=O)C(F)(F)F)c3)n2CC1. The molecule has 262 valence electrons. The highest BCUT2D eigenvalue weighted by Gasteiger charge is 2.48. The molecule has 0 unspecified atom stereocenters. The number of thioether (sulfide) groups is 1. The van der Waals surface area contributed by atoms with Crippen molar-refractivity contribution < 1.29 is 44.6 Å². The Bertz CT molecular complexity index is 1800. The number of sulfonamides is 1. The molecule has 0 spiro atoms. The fourth-order valence-corrected chi connectivity index (χ4v) is 8.24. The van der Waals surface area contributed by atoms with Gasteiger partial charge in [-0.2, -0.15) is 13.2 Å². The first-order chi connectivity index (χ1) is 22.7. The molecule has 2 aliphatic heterocycles. The number of carboxylic acid groups (broad SMARTS) is 1. The average molecular weight is 734 g/mol. The number of fused-ring (bicyclic) bond motifs is 1. The van der Waals surface area contributed by atoms with Gasteiger partial charge in [-0.3, -0.25) is 9.47 Å². The fourth-order valence-electron chi connectivity index (χ4n) is 5.20. The number of hydrogen-bond donors (Lipinski definition) is 3. The summed E-state index contributed by atoms with van der Waals surface area (Å²) in [6.45, 7) is 3.15. The molecule has 3 heterocycles. The van der Waals surface area contributed by atoms with Gasteiger partial charge in [0.2, 0.25) is 5.95 Å². The molecule has 2 aliphatic rings. The molecule has 48 heavy (non-hydrogen) atoms. The predicted molar refractivity (Wildman–Crippen MR) is 170 cm³/mol. The van der Waals surface area contributed by atoms with Crippen LogP contribution < -0.4 is 10.0 Å². The van der Waals surface area contributed by atoms with Gasteiger partial charge in [0, 0.05) is 62.4 Å². The molecule has 1 aromatic heterocycles. The van der Waals surface area contributed by atoms with Crippen LogP contribution in [-0.4, -0.2) is 116 Å². The highest BCUT2D eigenvalue weighted by molar-refractivity contribution is 7.99. The summed E-state index contributed by atoms with van der Waals surface area (Å²) in [6, 6.07) is 11.3. The highest BCUT2D eigenvalue weighted by Crippen LogP contribution is 2.37. The molecule has 1 fully saturated rings. The molecule has 1 saturated heterocycles. The summed E-state index contributed by atoms with van der Waals surface area (Å²) in [5, 5.41) is 20.0. The number of alkyl halides is 3. The van der Waals surface area contributed by atoms with Crippen LogP contribution in [0.25, 0.3) is 0 Å². The molecule has 2 aromatic carbocycles. The standard InChI is InChI=1S/C28H34F3N7O7S3/c29-28(30,31)47(41,42)24-18-22(48(43,44)35-26-34-33-25-9-11-37(27(39)40)12-13-38(25)26)6-7-23(24)32-20(8-10-36-14-16-45-17-15-36)19-46-21-4-2-1-3-5-21/h1-7,18,20,32H,8-17,19H2,(H,34,35)(H,39,40)/t20-/m1/s1. The number of carbonyl (C=O) groups is 1. The summed E-state index contributed by atoms with van der Waals surface area (Å²) >= 11 is 1.44. The summed E-state index contributed by atoms with van der Waals surface area (Å²) < 4.78 is 103. The third kappa shape index (κ3) is 8.52. The maximum Gasteiger partial charge on any atom is 0.501 e. The van der Waals surface area contributed by atoms with Gasteiger partial charge in [0.25, 0.3) is 19.9 Å². The highest BCUT2D eigenvalue weighted by atomic mass is 32.2. The molecule has 0 aliphatic carbocycles. The van der Waals surface area contributed by atoms with Crippen LogP contribution in [0.15, 0.2) is 63.2 Å². The van der Waals surface area contributed by atoms with E-state index in [-0.39, 0.29) is 32.0 Å². The van der Waals surface area contributed by atoms with Crippen molar-refractivity contribution in [3.8, 4) is 0 Å². The summed E-state index contributed by atoms with van der Waals surface area (Å²) in [6.07, 6.45) is -0.570. The first-order valence-electron chi connectivity index (χ1n) is 14.9. The number of amides is 1. The second-order valence-electron chi connectivity index (χ2n) is 11.0. The predicted octanol–water partition coefficient (Wildman–Crippen LogP) is 3.20. The van der Waals surface area contributed by atoms with Crippen molar-refractivity contribution in [3.63, 3.8) is 0 Å². The van der Waals surface area contributed by atoms with E-state index in [0.29, 0.717) is 56.9 Å².